The molecule has 5 aliphatic carbocycles. The number of aliphatic hydroxyl groups excluding tert-OH is 3. The van der Waals surface area contributed by atoms with E-state index in [4.69, 9.17) is 0 Å². The first-order chi connectivity index (χ1) is 17.1. The van der Waals surface area contributed by atoms with Gasteiger partial charge in [0.15, 0.2) is 0 Å². The second-order valence-electron chi connectivity index (χ2n) is 14.5. The second-order valence-corrected chi connectivity index (χ2v) is 14.5. The van der Waals surface area contributed by atoms with Crippen molar-refractivity contribution in [2.75, 3.05) is 0 Å². The predicted octanol–water partition coefficient (Wildman–Crippen LogP) is 4.10. The fraction of sp³-hybridized carbons (Fsp3) is 0.867. The molecule has 4 saturated carbocycles. The maximum Gasteiger partial charge on any atom is 0.316 e. The molecular formula is C30H46O7. The highest BCUT2D eigenvalue weighted by Gasteiger charge is 2.75. The Kier molecular flexibility index (Phi) is 5.90. The quantitative estimate of drug-likeness (QED) is 0.355. The molecule has 0 spiro atoms. The molecule has 37 heavy (non-hydrogen) atoms. The zero-order valence-corrected chi connectivity index (χ0v) is 23.2. The van der Waals surface area contributed by atoms with Gasteiger partial charge in [0, 0.05) is 0 Å². The summed E-state index contributed by atoms with van der Waals surface area (Å²) >= 11 is 0. The summed E-state index contributed by atoms with van der Waals surface area (Å²) in [6, 6.07) is 0. The number of fused-ring (bicyclic) bond motifs is 7. The van der Waals surface area contributed by atoms with Gasteiger partial charge in [0.1, 0.15) is 17.6 Å². The second kappa shape index (κ2) is 8.04. The molecule has 7 heteroatoms. The lowest BCUT2D eigenvalue weighted by molar-refractivity contribution is -0.245. The van der Waals surface area contributed by atoms with Gasteiger partial charge < -0.3 is 25.5 Å². The molecule has 7 nitrogen and oxygen atoms in total. The van der Waals surface area contributed by atoms with Crippen LogP contribution in [0, 0.1) is 56.7 Å². The van der Waals surface area contributed by atoms with E-state index >= 15 is 0 Å². The molecule has 0 amide bonds. The molecule has 0 aromatic carbocycles. The van der Waals surface area contributed by atoms with E-state index in [2.05, 4.69) is 34.6 Å². The van der Waals surface area contributed by atoms with E-state index in [-0.39, 0.29) is 28.6 Å². The lowest BCUT2D eigenvalue weighted by atomic mass is 9.35. The summed E-state index contributed by atoms with van der Waals surface area (Å²) in [5, 5.41) is 54.2. The maximum atomic E-state index is 13.2. The highest BCUT2D eigenvalue weighted by molar-refractivity contribution is 5.85. The summed E-state index contributed by atoms with van der Waals surface area (Å²) in [6.07, 6.45) is 2.57. The molecule has 0 aliphatic heterocycles. The van der Waals surface area contributed by atoms with E-state index in [1.807, 2.05) is 6.08 Å². The molecule has 0 heterocycles. The molecule has 5 aliphatic rings. The molecule has 5 rings (SSSR count). The minimum Gasteiger partial charge on any atom is -0.481 e. The highest BCUT2D eigenvalue weighted by atomic mass is 16.4. The van der Waals surface area contributed by atoms with Gasteiger partial charge in [-0.05, 0) is 97.7 Å². The van der Waals surface area contributed by atoms with E-state index in [9.17, 15) is 35.1 Å². The first-order valence-corrected chi connectivity index (χ1v) is 14.3. The number of carbonyl (C=O) groups is 2. The summed E-state index contributed by atoms with van der Waals surface area (Å²) in [4.78, 5) is 25.8. The number of hydrogen-bond acceptors (Lipinski definition) is 5. The third kappa shape index (κ3) is 2.89. The summed E-state index contributed by atoms with van der Waals surface area (Å²) < 4.78 is 0. The van der Waals surface area contributed by atoms with E-state index in [0.29, 0.717) is 36.2 Å². The van der Waals surface area contributed by atoms with Crippen molar-refractivity contribution in [3.05, 3.63) is 11.6 Å². The van der Waals surface area contributed by atoms with Crippen LogP contribution in [0.25, 0.3) is 0 Å². The van der Waals surface area contributed by atoms with Crippen LogP contribution in [0.1, 0.15) is 86.5 Å². The number of hydrogen-bond donors (Lipinski definition) is 5. The Balaban J connectivity index is 1.67. The van der Waals surface area contributed by atoms with Crippen molar-refractivity contribution >= 4 is 11.9 Å². The van der Waals surface area contributed by atoms with E-state index in [1.165, 1.54) is 19.8 Å². The number of rotatable bonds is 3. The monoisotopic (exact) mass is 518 g/mol. The SMILES string of the molecule is CC(C)[C@H]1CC[C@@H]2[C@]1(C)CC[C@]1(C)[C@H]3CC[C@H]4[C@](C)(C(=O)O)[C@@H](O)[C@H](O)[C@@H](O)[C@]4(C(=O)O)C3=CC[C@@]21C. The highest BCUT2D eigenvalue weighted by Crippen LogP contribution is 2.76. The smallest absolute Gasteiger partial charge is 0.316 e. The molecule has 0 aromatic heterocycles. The number of aliphatic carboxylic acids is 2. The van der Waals surface area contributed by atoms with Gasteiger partial charge in [-0.1, -0.05) is 46.3 Å². The Morgan fingerprint density at radius 2 is 1.46 bits per heavy atom. The first kappa shape index (κ1) is 27.1. The molecule has 4 fully saturated rings. The largest absolute Gasteiger partial charge is 0.481 e. The fourth-order valence-corrected chi connectivity index (χ4v) is 11.3. The fourth-order valence-electron chi connectivity index (χ4n) is 11.3. The minimum absolute atomic E-state index is 0.0435. The molecule has 208 valence electrons. The first-order valence-electron chi connectivity index (χ1n) is 14.3. The van der Waals surface area contributed by atoms with Crippen molar-refractivity contribution in [1.29, 1.82) is 0 Å². The van der Waals surface area contributed by atoms with Gasteiger partial charge in [0.05, 0.1) is 11.5 Å². The van der Waals surface area contributed by atoms with Crippen LogP contribution < -0.4 is 0 Å². The van der Waals surface area contributed by atoms with Crippen LogP contribution in [-0.2, 0) is 9.59 Å². The van der Waals surface area contributed by atoms with Crippen LogP contribution in [0.3, 0.4) is 0 Å². The van der Waals surface area contributed by atoms with Crippen molar-refractivity contribution in [2.24, 2.45) is 56.7 Å². The van der Waals surface area contributed by atoms with Crippen molar-refractivity contribution in [3.8, 4) is 0 Å². The number of aliphatic hydroxyl groups is 3. The van der Waals surface area contributed by atoms with E-state index in [0.717, 1.165) is 12.8 Å². The lowest BCUT2D eigenvalue weighted by Gasteiger charge is -2.69. The molecule has 0 unspecified atom stereocenters. The lowest BCUT2D eigenvalue weighted by Crippen LogP contribution is -2.73. The number of carboxylic acids is 2. The van der Waals surface area contributed by atoms with E-state index < -0.39 is 47.0 Å². The van der Waals surface area contributed by atoms with Gasteiger partial charge in [0.25, 0.3) is 0 Å². The summed E-state index contributed by atoms with van der Waals surface area (Å²) in [5.41, 5.74) is -3.27. The molecule has 0 bridgehead atoms. The van der Waals surface area contributed by atoms with Crippen molar-refractivity contribution < 1.29 is 35.1 Å². The van der Waals surface area contributed by atoms with E-state index in [1.54, 1.807) is 0 Å². The molecule has 12 atom stereocenters. The zero-order chi connectivity index (χ0) is 27.5. The van der Waals surface area contributed by atoms with Crippen LogP contribution in [0.2, 0.25) is 0 Å². The molecular weight excluding hydrogens is 472 g/mol. The van der Waals surface area contributed by atoms with Gasteiger partial charge in [-0.25, -0.2) is 0 Å². The van der Waals surface area contributed by atoms with Crippen molar-refractivity contribution in [2.45, 2.75) is 105 Å². The summed E-state index contributed by atoms with van der Waals surface area (Å²) in [5.74, 6) is -2.02. The van der Waals surface area contributed by atoms with Crippen LogP contribution in [0.4, 0.5) is 0 Å². The Hall–Kier alpha value is -1.44. The van der Waals surface area contributed by atoms with Gasteiger partial charge in [0.2, 0.25) is 0 Å². The average Bonchev–Trinajstić information content (AvgIpc) is 3.20. The third-order valence-electron chi connectivity index (χ3n) is 13.4. The van der Waals surface area contributed by atoms with Gasteiger partial charge in [-0.3, -0.25) is 9.59 Å². The van der Waals surface area contributed by atoms with Crippen LogP contribution in [0.5, 0.6) is 0 Å². The molecule has 0 radical (unpaired) electrons. The van der Waals surface area contributed by atoms with Crippen LogP contribution >= 0.6 is 0 Å². The maximum absolute atomic E-state index is 13.2. The Labute approximate surface area is 220 Å². The Bertz CT molecular complexity index is 1040. The summed E-state index contributed by atoms with van der Waals surface area (Å²) in [6.45, 7) is 13.2. The number of allylic oxidation sites excluding steroid dienone is 1. The average molecular weight is 519 g/mol. The normalized spacial score (nSPS) is 55.0. The van der Waals surface area contributed by atoms with Crippen LogP contribution in [-0.4, -0.2) is 55.8 Å². The minimum atomic E-state index is -1.95. The third-order valence-corrected chi connectivity index (χ3v) is 13.4. The standard InChI is InChI=1S/C30H46O7/c1-15(2)16-7-9-19-26(16,3)13-14-27(4)17-8-10-20-29(6,24(34)35)22(32)21(31)23(33)30(20,25(36)37)18(17)11-12-28(19,27)5/h11,15-17,19-23,31-33H,7-10,12-14H2,1-6H3,(H,34,35)(H,36,37)/t16-,17+,19-,20+,21+,22+,23-,26-,27-,28+,29+,30+/m1/s1. The number of carboxylic acid groups (broad SMARTS) is 2. The topological polar surface area (TPSA) is 135 Å². The van der Waals surface area contributed by atoms with Gasteiger partial charge in [-0.15, -0.1) is 0 Å². The zero-order valence-electron chi connectivity index (χ0n) is 23.2. The van der Waals surface area contributed by atoms with Crippen molar-refractivity contribution in [1.82, 2.24) is 0 Å². The van der Waals surface area contributed by atoms with Gasteiger partial charge in [-0.2, -0.15) is 0 Å². The Morgan fingerprint density at radius 1 is 0.838 bits per heavy atom. The molecule has 0 aromatic rings. The van der Waals surface area contributed by atoms with Crippen LogP contribution in [0.15, 0.2) is 11.6 Å². The Morgan fingerprint density at radius 3 is 2.03 bits per heavy atom. The predicted molar refractivity (Wildman–Crippen MR) is 137 cm³/mol. The summed E-state index contributed by atoms with van der Waals surface area (Å²) in [7, 11) is 0. The molecule has 5 N–H and O–H groups in total. The van der Waals surface area contributed by atoms with Gasteiger partial charge >= 0.3 is 11.9 Å². The van der Waals surface area contributed by atoms with Crippen molar-refractivity contribution in [3.63, 3.8) is 0 Å². The molecule has 0 saturated heterocycles.